The molecule has 0 fully saturated rings. The van der Waals surface area contributed by atoms with Gasteiger partial charge in [0.2, 0.25) is 0 Å². The van der Waals surface area contributed by atoms with Crippen LogP contribution in [-0.4, -0.2) is 10.2 Å². The second-order valence-corrected chi connectivity index (χ2v) is 5.79. The van der Waals surface area contributed by atoms with Crippen LogP contribution in [0.5, 0.6) is 0 Å². The molecule has 0 unspecified atom stereocenters. The molecule has 0 aliphatic carbocycles. The normalized spacial score (nSPS) is 10.1. The molecule has 80 valence electrons. The van der Waals surface area contributed by atoms with Crippen LogP contribution >= 0.6 is 34.7 Å². The lowest BCUT2D eigenvalue weighted by Gasteiger charge is -2.01. The zero-order valence-electron chi connectivity index (χ0n) is 8.27. The molecule has 1 heterocycles. The number of rotatable bonds is 2. The Labute approximate surface area is 106 Å². The minimum atomic E-state index is 0.466. The SMILES string of the molecule is Cc1nnc(Sc2cccc(Cl)c2C#N)s1. The van der Waals surface area contributed by atoms with Gasteiger partial charge < -0.3 is 0 Å². The maximum absolute atomic E-state index is 9.00. The molecule has 0 atom stereocenters. The first-order valence-corrected chi connectivity index (χ1v) is 6.38. The maximum Gasteiger partial charge on any atom is 0.179 e. The van der Waals surface area contributed by atoms with E-state index in [1.54, 1.807) is 6.07 Å². The number of nitrogens with zero attached hydrogens (tertiary/aromatic N) is 3. The molecule has 0 aliphatic rings. The van der Waals surface area contributed by atoms with Gasteiger partial charge >= 0.3 is 0 Å². The Morgan fingerprint density at radius 1 is 1.44 bits per heavy atom. The Balaban J connectivity index is 2.35. The van der Waals surface area contributed by atoms with Crippen LogP contribution in [0.4, 0.5) is 0 Å². The first kappa shape index (κ1) is 11.4. The Bertz CT molecular complexity index is 559. The lowest BCUT2D eigenvalue weighted by Crippen LogP contribution is -1.82. The fourth-order valence-corrected chi connectivity index (χ4v) is 3.27. The van der Waals surface area contributed by atoms with E-state index in [2.05, 4.69) is 16.3 Å². The van der Waals surface area contributed by atoms with E-state index in [-0.39, 0.29) is 0 Å². The Morgan fingerprint density at radius 3 is 2.88 bits per heavy atom. The molecular formula is C10H6ClN3S2. The highest BCUT2D eigenvalue weighted by molar-refractivity contribution is 8.01. The molecule has 0 N–H and O–H groups in total. The van der Waals surface area contributed by atoms with Crippen molar-refractivity contribution >= 4 is 34.7 Å². The molecule has 1 aromatic heterocycles. The summed E-state index contributed by atoms with van der Waals surface area (Å²) in [5.74, 6) is 0. The highest BCUT2D eigenvalue weighted by atomic mass is 35.5. The topological polar surface area (TPSA) is 49.6 Å². The van der Waals surface area contributed by atoms with Gasteiger partial charge in [0.15, 0.2) is 4.34 Å². The molecule has 0 aliphatic heterocycles. The Morgan fingerprint density at radius 2 is 2.25 bits per heavy atom. The lowest BCUT2D eigenvalue weighted by atomic mass is 10.2. The van der Waals surface area contributed by atoms with Gasteiger partial charge in [-0.15, -0.1) is 10.2 Å². The summed E-state index contributed by atoms with van der Waals surface area (Å²) in [7, 11) is 0. The Hall–Kier alpha value is -1.09. The van der Waals surface area contributed by atoms with Crippen molar-refractivity contribution in [1.82, 2.24) is 10.2 Å². The molecule has 16 heavy (non-hydrogen) atoms. The summed E-state index contributed by atoms with van der Waals surface area (Å²) in [4.78, 5) is 0.811. The Kier molecular flexibility index (Phi) is 3.44. The highest BCUT2D eigenvalue weighted by Gasteiger charge is 2.10. The molecule has 0 spiro atoms. The predicted molar refractivity (Wildman–Crippen MR) is 64.9 cm³/mol. The summed E-state index contributed by atoms with van der Waals surface area (Å²) in [6.45, 7) is 1.89. The number of nitriles is 1. The molecule has 0 saturated carbocycles. The van der Waals surface area contributed by atoms with Crippen molar-refractivity contribution < 1.29 is 0 Å². The van der Waals surface area contributed by atoms with Crippen LogP contribution in [0, 0.1) is 18.3 Å². The van der Waals surface area contributed by atoms with E-state index < -0.39 is 0 Å². The summed E-state index contributed by atoms with van der Waals surface area (Å²) in [5, 5.41) is 18.3. The average molecular weight is 268 g/mol. The van der Waals surface area contributed by atoms with Crippen molar-refractivity contribution in [3.05, 3.63) is 33.8 Å². The molecule has 0 bridgehead atoms. The number of aryl methyl sites for hydroxylation is 1. The van der Waals surface area contributed by atoms with Crippen molar-refractivity contribution in [2.75, 3.05) is 0 Å². The lowest BCUT2D eigenvalue weighted by molar-refractivity contribution is 0.983. The first-order valence-electron chi connectivity index (χ1n) is 4.37. The second kappa shape index (κ2) is 4.83. The van der Waals surface area contributed by atoms with E-state index in [1.807, 2.05) is 19.1 Å². The van der Waals surface area contributed by atoms with E-state index in [4.69, 9.17) is 16.9 Å². The first-order chi connectivity index (χ1) is 7.70. The van der Waals surface area contributed by atoms with Crippen LogP contribution in [0.3, 0.4) is 0 Å². The second-order valence-electron chi connectivity index (χ2n) is 2.91. The fourth-order valence-electron chi connectivity index (χ4n) is 1.11. The van der Waals surface area contributed by atoms with Gasteiger partial charge in [-0.25, -0.2) is 0 Å². The van der Waals surface area contributed by atoms with Gasteiger partial charge in [0, 0.05) is 4.90 Å². The quantitative estimate of drug-likeness (QED) is 0.835. The number of aromatic nitrogens is 2. The largest absolute Gasteiger partial charge is 0.192 e. The number of halogens is 1. The third-order valence-electron chi connectivity index (χ3n) is 1.79. The van der Waals surface area contributed by atoms with Gasteiger partial charge in [-0.05, 0) is 19.1 Å². The summed E-state index contributed by atoms with van der Waals surface area (Å²) >= 11 is 8.84. The van der Waals surface area contributed by atoms with Crippen LogP contribution in [0.15, 0.2) is 27.4 Å². The number of benzene rings is 1. The standard InChI is InChI=1S/C10H6ClN3S2/c1-6-13-14-10(15-6)16-9-4-2-3-8(11)7(9)5-12/h2-4H,1H3. The molecule has 6 heteroatoms. The monoisotopic (exact) mass is 267 g/mol. The summed E-state index contributed by atoms with van der Waals surface area (Å²) in [6.07, 6.45) is 0. The van der Waals surface area contributed by atoms with E-state index in [1.165, 1.54) is 23.1 Å². The fraction of sp³-hybridized carbons (Fsp3) is 0.100. The van der Waals surface area contributed by atoms with Gasteiger partial charge in [0.25, 0.3) is 0 Å². The van der Waals surface area contributed by atoms with Crippen LogP contribution < -0.4 is 0 Å². The van der Waals surface area contributed by atoms with Crippen molar-refractivity contribution in [3.63, 3.8) is 0 Å². The highest BCUT2D eigenvalue weighted by Crippen LogP contribution is 2.34. The minimum Gasteiger partial charge on any atom is -0.192 e. The summed E-state index contributed by atoms with van der Waals surface area (Å²) < 4.78 is 0.816. The van der Waals surface area contributed by atoms with Gasteiger partial charge in [0.1, 0.15) is 11.1 Å². The average Bonchev–Trinajstić information content (AvgIpc) is 2.64. The maximum atomic E-state index is 9.00. The molecule has 0 radical (unpaired) electrons. The zero-order valence-corrected chi connectivity index (χ0v) is 10.7. The number of hydrogen-bond acceptors (Lipinski definition) is 5. The van der Waals surface area contributed by atoms with Gasteiger partial charge in [-0.1, -0.05) is 40.8 Å². The zero-order chi connectivity index (χ0) is 11.5. The molecule has 1 aromatic carbocycles. The van der Waals surface area contributed by atoms with Gasteiger partial charge in [-0.2, -0.15) is 5.26 Å². The predicted octanol–water partition coefficient (Wildman–Crippen LogP) is 3.52. The smallest absolute Gasteiger partial charge is 0.179 e. The van der Waals surface area contributed by atoms with Crippen LogP contribution in [0.1, 0.15) is 10.6 Å². The summed E-state index contributed by atoms with van der Waals surface area (Å²) in [6, 6.07) is 7.47. The van der Waals surface area contributed by atoms with Crippen molar-refractivity contribution in [3.8, 4) is 6.07 Å². The van der Waals surface area contributed by atoms with Crippen LogP contribution in [0.25, 0.3) is 0 Å². The van der Waals surface area contributed by atoms with Crippen molar-refractivity contribution in [1.29, 1.82) is 5.26 Å². The molecule has 2 aromatic rings. The van der Waals surface area contributed by atoms with E-state index in [0.29, 0.717) is 10.6 Å². The third kappa shape index (κ3) is 2.35. The van der Waals surface area contributed by atoms with E-state index in [0.717, 1.165) is 14.2 Å². The molecular weight excluding hydrogens is 262 g/mol. The van der Waals surface area contributed by atoms with Crippen molar-refractivity contribution in [2.24, 2.45) is 0 Å². The van der Waals surface area contributed by atoms with Crippen molar-refractivity contribution in [2.45, 2.75) is 16.2 Å². The van der Waals surface area contributed by atoms with Gasteiger partial charge in [-0.3, -0.25) is 0 Å². The molecule has 0 saturated heterocycles. The van der Waals surface area contributed by atoms with Crippen LogP contribution in [0.2, 0.25) is 5.02 Å². The van der Waals surface area contributed by atoms with Gasteiger partial charge in [0.05, 0.1) is 10.6 Å². The summed E-state index contributed by atoms with van der Waals surface area (Å²) in [5.41, 5.74) is 0.488. The molecule has 0 amide bonds. The third-order valence-corrected chi connectivity index (χ3v) is 4.06. The van der Waals surface area contributed by atoms with E-state index >= 15 is 0 Å². The van der Waals surface area contributed by atoms with E-state index in [9.17, 15) is 0 Å². The molecule has 3 nitrogen and oxygen atoms in total. The minimum absolute atomic E-state index is 0.466. The van der Waals surface area contributed by atoms with Crippen LogP contribution in [-0.2, 0) is 0 Å². The molecule has 2 rings (SSSR count). The number of hydrogen-bond donors (Lipinski definition) is 0.